The van der Waals surface area contributed by atoms with E-state index in [9.17, 15) is 4.79 Å². The summed E-state index contributed by atoms with van der Waals surface area (Å²) < 4.78 is 0.546. The number of nitrogens with zero attached hydrogens (tertiary/aromatic N) is 1. The van der Waals surface area contributed by atoms with E-state index in [1.165, 1.54) is 0 Å². The summed E-state index contributed by atoms with van der Waals surface area (Å²) in [5.74, 6) is 0.239. The number of quaternary nitrogens is 1. The lowest BCUT2D eigenvalue weighted by Gasteiger charge is -2.32. The number of hydrogen-bond donors (Lipinski definition) is 0. The third kappa shape index (κ3) is 2.26. The molecule has 15 heavy (non-hydrogen) atoms. The zero-order chi connectivity index (χ0) is 11.3. The van der Waals surface area contributed by atoms with Gasteiger partial charge in [0.2, 0.25) is 0 Å². The van der Waals surface area contributed by atoms with Crippen LogP contribution in [0, 0.1) is 0 Å². The molecular weight excluding hydrogens is 186 g/mol. The number of rotatable bonds is 4. The summed E-state index contributed by atoms with van der Waals surface area (Å²) in [6.45, 7) is 8.82. The number of carbonyl (C=O) groups is 1. The van der Waals surface area contributed by atoms with Gasteiger partial charge in [0, 0.05) is 0 Å². The van der Waals surface area contributed by atoms with Crippen LogP contribution in [-0.4, -0.2) is 30.0 Å². The Hall–Kier alpha value is -1.15. The predicted octanol–water partition coefficient (Wildman–Crippen LogP) is 2.70. The van der Waals surface area contributed by atoms with E-state index >= 15 is 0 Å². The van der Waals surface area contributed by atoms with Crippen molar-refractivity contribution in [2.45, 2.75) is 20.8 Å². The lowest BCUT2D eigenvalue weighted by Crippen LogP contribution is -2.52. The van der Waals surface area contributed by atoms with E-state index in [-0.39, 0.29) is 5.91 Å². The first-order valence-electron chi connectivity index (χ1n) is 5.66. The van der Waals surface area contributed by atoms with E-state index in [4.69, 9.17) is 0 Å². The number of benzene rings is 1. The molecule has 2 heteroatoms. The van der Waals surface area contributed by atoms with Gasteiger partial charge < -0.3 is 0 Å². The highest BCUT2D eigenvalue weighted by Crippen LogP contribution is 2.13. The molecule has 0 radical (unpaired) electrons. The van der Waals surface area contributed by atoms with E-state index < -0.39 is 0 Å². The van der Waals surface area contributed by atoms with Crippen LogP contribution in [0.2, 0.25) is 0 Å². The Morgan fingerprint density at radius 3 is 1.87 bits per heavy atom. The van der Waals surface area contributed by atoms with Crippen LogP contribution >= 0.6 is 0 Å². The van der Waals surface area contributed by atoms with Gasteiger partial charge >= 0.3 is 5.91 Å². The van der Waals surface area contributed by atoms with Crippen molar-refractivity contribution in [1.29, 1.82) is 0 Å². The van der Waals surface area contributed by atoms with Gasteiger partial charge in [-0.2, -0.15) is 0 Å². The minimum Gasteiger partial charge on any atom is -0.257 e. The molecule has 1 amide bonds. The van der Waals surface area contributed by atoms with Crippen LogP contribution in [0.1, 0.15) is 31.1 Å². The quantitative estimate of drug-likeness (QED) is 0.692. The summed E-state index contributed by atoms with van der Waals surface area (Å²) in [5.41, 5.74) is 0.822. The molecule has 0 aliphatic rings. The van der Waals surface area contributed by atoms with Crippen LogP contribution < -0.4 is 0 Å². The Kier molecular flexibility index (Phi) is 4.04. The number of hydrogen-bond acceptors (Lipinski definition) is 1. The van der Waals surface area contributed by atoms with Crippen molar-refractivity contribution in [3.8, 4) is 0 Å². The maximum atomic E-state index is 12.3. The van der Waals surface area contributed by atoms with Gasteiger partial charge in [0.25, 0.3) is 0 Å². The molecule has 0 fully saturated rings. The lowest BCUT2D eigenvalue weighted by atomic mass is 10.1. The second-order valence-electron chi connectivity index (χ2n) is 3.77. The normalized spacial score (nSPS) is 11.4. The van der Waals surface area contributed by atoms with Crippen LogP contribution in [0.4, 0.5) is 0 Å². The summed E-state index contributed by atoms with van der Waals surface area (Å²) in [4.78, 5) is 12.3. The molecule has 0 N–H and O–H groups in total. The van der Waals surface area contributed by atoms with Gasteiger partial charge in [0.1, 0.15) is 0 Å². The first-order chi connectivity index (χ1) is 7.20. The summed E-state index contributed by atoms with van der Waals surface area (Å²) in [6, 6.07) is 9.58. The van der Waals surface area contributed by atoms with Crippen molar-refractivity contribution < 1.29 is 9.28 Å². The second kappa shape index (κ2) is 5.08. The third-order valence-corrected chi connectivity index (χ3v) is 3.27. The molecule has 0 bridgehead atoms. The van der Waals surface area contributed by atoms with Crippen LogP contribution in [-0.2, 0) is 0 Å². The van der Waals surface area contributed by atoms with Crippen molar-refractivity contribution in [2.24, 2.45) is 0 Å². The highest BCUT2D eigenvalue weighted by Gasteiger charge is 2.31. The molecular formula is C13H20NO+. The molecule has 1 aromatic carbocycles. The second-order valence-corrected chi connectivity index (χ2v) is 3.77. The molecule has 1 aromatic rings. The predicted molar refractivity (Wildman–Crippen MR) is 62.7 cm³/mol. The molecule has 0 aliphatic heterocycles. The Bertz CT molecular complexity index is 306. The van der Waals surface area contributed by atoms with Gasteiger partial charge in [-0.15, -0.1) is 0 Å². The molecule has 0 atom stereocenters. The van der Waals surface area contributed by atoms with Gasteiger partial charge in [0.05, 0.1) is 25.2 Å². The number of amides is 1. The van der Waals surface area contributed by atoms with E-state index in [1.54, 1.807) is 0 Å². The van der Waals surface area contributed by atoms with Crippen molar-refractivity contribution in [2.75, 3.05) is 19.6 Å². The van der Waals surface area contributed by atoms with Crippen LogP contribution in [0.3, 0.4) is 0 Å². The Morgan fingerprint density at radius 2 is 1.47 bits per heavy atom. The van der Waals surface area contributed by atoms with E-state index in [0.717, 1.165) is 25.2 Å². The average molecular weight is 206 g/mol. The molecule has 0 unspecified atom stereocenters. The van der Waals surface area contributed by atoms with Gasteiger partial charge in [-0.1, -0.05) is 18.2 Å². The molecule has 0 aliphatic carbocycles. The fourth-order valence-electron chi connectivity index (χ4n) is 1.96. The maximum Gasteiger partial charge on any atom is 0.345 e. The Balaban J connectivity index is 3.01. The van der Waals surface area contributed by atoms with Crippen LogP contribution in [0.25, 0.3) is 0 Å². The summed E-state index contributed by atoms with van der Waals surface area (Å²) >= 11 is 0. The Morgan fingerprint density at radius 1 is 1.00 bits per heavy atom. The summed E-state index contributed by atoms with van der Waals surface area (Å²) in [6.07, 6.45) is 0. The first kappa shape index (κ1) is 11.9. The largest absolute Gasteiger partial charge is 0.345 e. The first-order valence-corrected chi connectivity index (χ1v) is 5.66. The molecule has 0 heterocycles. The summed E-state index contributed by atoms with van der Waals surface area (Å²) in [7, 11) is 0. The fourth-order valence-corrected chi connectivity index (χ4v) is 1.96. The molecule has 0 spiro atoms. The highest BCUT2D eigenvalue weighted by atomic mass is 16.2. The fraction of sp³-hybridized carbons (Fsp3) is 0.462. The average Bonchev–Trinajstić information content (AvgIpc) is 2.33. The van der Waals surface area contributed by atoms with Gasteiger partial charge in [-0.3, -0.25) is 4.48 Å². The molecule has 2 nitrogen and oxygen atoms in total. The topological polar surface area (TPSA) is 17.1 Å². The van der Waals surface area contributed by atoms with Gasteiger partial charge in [0.15, 0.2) is 0 Å². The zero-order valence-electron chi connectivity index (χ0n) is 9.86. The van der Waals surface area contributed by atoms with E-state index in [0.29, 0.717) is 4.48 Å². The SMILES string of the molecule is CC[N+](CC)(CC)C(=O)c1ccccc1. The molecule has 0 saturated heterocycles. The standard InChI is InChI=1S/C13H20NO/c1-4-14(5-2,6-3)13(15)12-10-8-7-9-11-12/h7-11H,4-6H2,1-3H3/q+1. The lowest BCUT2D eigenvalue weighted by molar-refractivity contribution is -0.843. The van der Waals surface area contributed by atoms with Crippen LogP contribution in [0.15, 0.2) is 30.3 Å². The van der Waals surface area contributed by atoms with E-state index in [2.05, 4.69) is 20.8 Å². The van der Waals surface area contributed by atoms with Crippen molar-refractivity contribution in [3.63, 3.8) is 0 Å². The monoisotopic (exact) mass is 206 g/mol. The van der Waals surface area contributed by atoms with Gasteiger partial charge in [-0.05, 0) is 32.9 Å². The smallest absolute Gasteiger partial charge is 0.257 e. The third-order valence-electron chi connectivity index (χ3n) is 3.27. The van der Waals surface area contributed by atoms with Crippen molar-refractivity contribution in [3.05, 3.63) is 35.9 Å². The minimum atomic E-state index is 0.239. The highest BCUT2D eigenvalue weighted by molar-refractivity contribution is 5.88. The Labute approximate surface area is 92.1 Å². The minimum absolute atomic E-state index is 0.239. The van der Waals surface area contributed by atoms with Crippen molar-refractivity contribution >= 4 is 5.91 Å². The van der Waals surface area contributed by atoms with E-state index in [1.807, 2.05) is 30.3 Å². The van der Waals surface area contributed by atoms with Crippen molar-refractivity contribution in [1.82, 2.24) is 0 Å². The molecule has 82 valence electrons. The maximum absolute atomic E-state index is 12.3. The number of carbonyl (C=O) groups excluding carboxylic acids is 1. The summed E-state index contributed by atoms with van der Waals surface area (Å²) in [5, 5.41) is 0. The van der Waals surface area contributed by atoms with Crippen LogP contribution in [0.5, 0.6) is 0 Å². The van der Waals surface area contributed by atoms with Gasteiger partial charge in [-0.25, -0.2) is 4.79 Å². The zero-order valence-corrected chi connectivity index (χ0v) is 9.86. The molecule has 0 saturated carbocycles. The molecule has 1 rings (SSSR count). The molecule has 0 aromatic heterocycles.